The van der Waals surface area contributed by atoms with Gasteiger partial charge in [-0.05, 0) is 44.8 Å². The maximum Gasteiger partial charge on any atom is 0.492 e. The summed E-state index contributed by atoms with van der Waals surface area (Å²) in [6.45, 7) is 7.47. The average Bonchev–Trinajstić information content (AvgIpc) is 2.91. The van der Waals surface area contributed by atoms with Crippen molar-refractivity contribution < 1.29 is 24.0 Å². The molecule has 2 heterocycles. The highest BCUT2D eigenvalue weighted by atomic mass is 16.7. The maximum absolute atomic E-state index is 11.8. The van der Waals surface area contributed by atoms with E-state index in [0.29, 0.717) is 22.3 Å². The summed E-state index contributed by atoms with van der Waals surface area (Å²) in [6.07, 6.45) is 1.69. The van der Waals surface area contributed by atoms with E-state index in [0.717, 1.165) is 0 Å². The van der Waals surface area contributed by atoms with E-state index in [1.54, 1.807) is 24.3 Å². The van der Waals surface area contributed by atoms with E-state index >= 15 is 0 Å². The highest BCUT2D eigenvalue weighted by Gasteiger charge is 2.52. The summed E-state index contributed by atoms with van der Waals surface area (Å²) < 4.78 is 11.9. The van der Waals surface area contributed by atoms with Gasteiger partial charge in [0.1, 0.15) is 0 Å². The summed E-state index contributed by atoms with van der Waals surface area (Å²) in [7, 11) is -0.691. The first-order valence-electron chi connectivity index (χ1n) is 7.82. The zero-order chi connectivity index (χ0) is 17.7. The van der Waals surface area contributed by atoms with Crippen LogP contribution in [0.15, 0.2) is 23.7 Å². The molecule has 0 radical (unpaired) electrons. The molecule has 126 valence electrons. The van der Waals surface area contributed by atoms with Gasteiger partial charge in [0.2, 0.25) is 0 Å². The standard InChI is InChI=1S/C17H20BNO5/c1-16(2)17(3,4)24-18(23-16)11(9-20)8-10-6-5-7-12-13(10)19-15(22)14(12)21/h5-8,20H,9H2,1-4H3,(H,19,21,22). The molecule has 0 unspecified atom stereocenters. The number of rotatable bonds is 3. The Kier molecular flexibility index (Phi) is 3.90. The fourth-order valence-corrected chi connectivity index (χ4v) is 2.69. The van der Waals surface area contributed by atoms with Crippen LogP contribution in [0.3, 0.4) is 0 Å². The van der Waals surface area contributed by atoms with Crippen LogP contribution in [0.2, 0.25) is 0 Å². The molecule has 7 heteroatoms. The van der Waals surface area contributed by atoms with Gasteiger partial charge in [-0.2, -0.15) is 0 Å². The molecule has 6 nitrogen and oxygen atoms in total. The Hall–Kier alpha value is -1.96. The number of benzene rings is 1. The minimum absolute atomic E-state index is 0.262. The SMILES string of the molecule is CC1(C)OB(C(=Cc2cccc3c2NC(=O)C3=O)CO)OC1(C)C. The number of hydrogen-bond acceptors (Lipinski definition) is 5. The third-order valence-corrected chi connectivity index (χ3v) is 4.87. The lowest BCUT2D eigenvalue weighted by Gasteiger charge is -2.32. The van der Waals surface area contributed by atoms with E-state index < -0.39 is 30.0 Å². The normalized spacial score (nSPS) is 21.9. The summed E-state index contributed by atoms with van der Waals surface area (Å²) in [6, 6.07) is 5.06. The second kappa shape index (κ2) is 5.55. The fourth-order valence-electron chi connectivity index (χ4n) is 2.69. The largest absolute Gasteiger partial charge is 0.492 e. The number of hydrogen-bond donors (Lipinski definition) is 2. The molecule has 0 bridgehead atoms. The molecular formula is C17H20BNO5. The predicted molar refractivity (Wildman–Crippen MR) is 90.5 cm³/mol. The van der Waals surface area contributed by atoms with Crippen molar-refractivity contribution in [1.82, 2.24) is 0 Å². The molecule has 1 aromatic carbocycles. The van der Waals surface area contributed by atoms with Crippen LogP contribution in [0.5, 0.6) is 0 Å². The van der Waals surface area contributed by atoms with Crippen molar-refractivity contribution >= 4 is 30.6 Å². The van der Waals surface area contributed by atoms with E-state index in [1.165, 1.54) is 0 Å². The van der Waals surface area contributed by atoms with Gasteiger partial charge in [0.05, 0.1) is 29.1 Å². The number of aliphatic hydroxyl groups is 1. The van der Waals surface area contributed by atoms with Crippen LogP contribution in [0.4, 0.5) is 5.69 Å². The molecule has 1 aromatic rings. The van der Waals surface area contributed by atoms with Gasteiger partial charge in [0.25, 0.3) is 11.7 Å². The van der Waals surface area contributed by atoms with Gasteiger partial charge in [0, 0.05) is 0 Å². The topological polar surface area (TPSA) is 84.9 Å². The number of nitrogens with one attached hydrogen (secondary N) is 1. The van der Waals surface area contributed by atoms with Gasteiger partial charge in [-0.25, -0.2) is 0 Å². The summed E-state index contributed by atoms with van der Waals surface area (Å²) in [5.41, 5.74) is 0.903. The molecule has 2 N–H and O–H groups in total. The van der Waals surface area contributed by atoms with Crippen molar-refractivity contribution in [3.05, 3.63) is 34.8 Å². The highest BCUT2D eigenvalue weighted by Crippen LogP contribution is 2.39. The first kappa shape index (κ1) is 16.9. The van der Waals surface area contributed by atoms with Crippen LogP contribution in [0, 0.1) is 0 Å². The summed E-state index contributed by atoms with van der Waals surface area (Å²) in [4.78, 5) is 23.4. The van der Waals surface area contributed by atoms with Crippen LogP contribution >= 0.6 is 0 Å². The molecule has 2 aliphatic heterocycles. The number of aliphatic hydroxyl groups excluding tert-OH is 1. The lowest BCUT2D eigenvalue weighted by molar-refractivity contribution is -0.112. The first-order valence-corrected chi connectivity index (χ1v) is 7.82. The number of fused-ring (bicyclic) bond motifs is 1. The van der Waals surface area contributed by atoms with Crippen molar-refractivity contribution in [2.45, 2.75) is 38.9 Å². The van der Waals surface area contributed by atoms with Crippen LogP contribution in [-0.4, -0.2) is 41.7 Å². The Morgan fingerprint density at radius 1 is 1.21 bits per heavy atom. The van der Waals surface area contributed by atoms with Gasteiger partial charge in [-0.3, -0.25) is 9.59 Å². The van der Waals surface area contributed by atoms with Gasteiger partial charge >= 0.3 is 7.12 Å². The van der Waals surface area contributed by atoms with Crippen LogP contribution in [-0.2, 0) is 14.1 Å². The van der Waals surface area contributed by atoms with Gasteiger partial charge in [-0.1, -0.05) is 18.2 Å². The van der Waals surface area contributed by atoms with Crippen molar-refractivity contribution in [3.63, 3.8) is 0 Å². The van der Waals surface area contributed by atoms with E-state index in [1.807, 2.05) is 27.7 Å². The van der Waals surface area contributed by atoms with Crippen molar-refractivity contribution in [2.75, 3.05) is 11.9 Å². The molecule has 0 aromatic heterocycles. The van der Waals surface area contributed by atoms with Crippen molar-refractivity contribution in [3.8, 4) is 0 Å². The molecule has 0 atom stereocenters. The van der Waals surface area contributed by atoms with Crippen molar-refractivity contribution in [2.24, 2.45) is 0 Å². The minimum Gasteiger partial charge on any atom is -0.400 e. The molecule has 3 rings (SSSR count). The third kappa shape index (κ3) is 2.58. The van der Waals surface area contributed by atoms with Gasteiger partial charge in [-0.15, -0.1) is 0 Å². The second-order valence-corrected chi connectivity index (χ2v) is 7.02. The quantitative estimate of drug-likeness (QED) is 0.653. The zero-order valence-electron chi connectivity index (χ0n) is 14.2. The number of carbonyl (C=O) groups excluding carboxylic acids is 2. The van der Waals surface area contributed by atoms with E-state index in [-0.39, 0.29) is 6.61 Å². The van der Waals surface area contributed by atoms with Gasteiger partial charge in [0.15, 0.2) is 0 Å². The summed E-state index contributed by atoms with van der Waals surface area (Å²) in [5, 5.41) is 12.3. The second-order valence-electron chi connectivity index (χ2n) is 7.02. The molecule has 1 amide bonds. The fraction of sp³-hybridized carbons (Fsp3) is 0.412. The predicted octanol–water partition coefficient (Wildman–Crippen LogP) is 1.83. The lowest BCUT2D eigenvalue weighted by atomic mass is 9.77. The summed E-state index contributed by atoms with van der Waals surface area (Å²) in [5.74, 6) is -1.20. The Labute approximate surface area is 141 Å². The Morgan fingerprint density at radius 2 is 1.83 bits per heavy atom. The molecular weight excluding hydrogens is 309 g/mol. The summed E-state index contributed by atoms with van der Waals surface area (Å²) >= 11 is 0. The van der Waals surface area contributed by atoms with Gasteiger partial charge < -0.3 is 19.7 Å². The minimum atomic E-state index is -0.691. The molecule has 0 aliphatic carbocycles. The Morgan fingerprint density at radius 3 is 2.42 bits per heavy atom. The highest BCUT2D eigenvalue weighted by molar-refractivity contribution is 6.56. The maximum atomic E-state index is 11.8. The number of Topliss-reactive ketones (excluding diaryl/α,β-unsaturated/α-hetero) is 1. The third-order valence-electron chi connectivity index (χ3n) is 4.87. The number of amides is 1. The van der Waals surface area contributed by atoms with Crippen LogP contribution in [0.25, 0.3) is 6.08 Å². The molecule has 1 fully saturated rings. The first-order chi connectivity index (χ1) is 11.2. The van der Waals surface area contributed by atoms with E-state index in [4.69, 9.17) is 9.31 Å². The Balaban J connectivity index is 1.97. The average molecular weight is 329 g/mol. The molecule has 0 spiro atoms. The molecule has 2 aliphatic rings. The smallest absolute Gasteiger partial charge is 0.400 e. The number of para-hydroxylation sites is 1. The van der Waals surface area contributed by atoms with E-state index in [2.05, 4.69) is 5.32 Å². The Bertz CT molecular complexity index is 737. The van der Waals surface area contributed by atoms with Crippen molar-refractivity contribution in [1.29, 1.82) is 0 Å². The lowest BCUT2D eigenvalue weighted by Crippen LogP contribution is -2.41. The zero-order valence-corrected chi connectivity index (χ0v) is 14.2. The molecule has 0 saturated carbocycles. The molecule has 24 heavy (non-hydrogen) atoms. The number of anilines is 1. The monoisotopic (exact) mass is 329 g/mol. The number of ketones is 1. The number of carbonyl (C=O) groups is 2. The van der Waals surface area contributed by atoms with E-state index in [9.17, 15) is 14.7 Å². The van der Waals surface area contributed by atoms with Crippen LogP contribution < -0.4 is 5.32 Å². The molecule has 1 saturated heterocycles. The van der Waals surface area contributed by atoms with Crippen LogP contribution in [0.1, 0.15) is 43.6 Å².